The van der Waals surface area contributed by atoms with Crippen molar-refractivity contribution in [3.63, 3.8) is 0 Å². The molecule has 0 saturated carbocycles. The fraction of sp³-hybridized carbons (Fsp3) is 0.562. The van der Waals surface area contributed by atoms with Crippen LogP contribution in [0.25, 0.3) is 11.6 Å². The highest BCUT2D eigenvalue weighted by molar-refractivity contribution is 5.60. The molecule has 2 heterocycles. The first-order valence-corrected chi connectivity index (χ1v) is 26.7. The van der Waals surface area contributed by atoms with E-state index < -0.39 is 0 Å². The highest BCUT2D eigenvalue weighted by atomic mass is 16.7. The van der Waals surface area contributed by atoms with E-state index in [1.54, 1.807) is 0 Å². The molecule has 0 radical (unpaired) electrons. The van der Waals surface area contributed by atoms with Gasteiger partial charge in [0.25, 0.3) is 0 Å². The summed E-state index contributed by atoms with van der Waals surface area (Å²) in [4.78, 5) is 12.8. The Balaban J connectivity index is 0. The summed E-state index contributed by atoms with van der Waals surface area (Å²) in [7, 11) is 0. The largest absolute Gasteiger partial charge is 0.298 e. The van der Waals surface area contributed by atoms with E-state index in [-0.39, 0.29) is 33.7 Å². The first-order valence-electron chi connectivity index (χ1n) is 26.7. The van der Waals surface area contributed by atoms with E-state index in [1.165, 1.54) is 60.8 Å². The predicted octanol–water partition coefficient (Wildman–Crippen LogP) is 20.0. The SMILES string of the molecule is C=C(C)c1ccccc1.C=Cc1ccccc1.CC.CC.CC.CC.CCCC(C)(CC(ON1C(C)(C)CCCC1(C)C)c1ccccc1)c1ccccc1.CCON1C(C)(C)CCCC1(C)C. The van der Waals surface area contributed by atoms with Crippen LogP contribution in [0.3, 0.4) is 0 Å². The predicted molar refractivity (Wildman–Crippen MR) is 306 cm³/mol. The van der Waals surface area contributed by atoms with E-state index in [9.17, 15) is 0 Å². The minimum absolute atomic E-state index is 0.0274. The van der Waals surface area contributed by atoms with E-state index in [0.29, 0.717) is 0 Å². The van der Waals surface area contributed by atoms with Gasteiger partial charge in [0.1, 0.15) is 6.10 Å². The van der Waals surface area contributed by atoms with Crippen molar-refractivity contribution in [2.24, 2.45) is 0 Å². The molecule has 384 valence electrons. The van der Waals surface area contributed by atoms with E-state index in [4.69, 9.17) is 9.68 Å². The molecule has 2 saturated heterocycles. The van der Waals surface area contributed by atoms with Gasteiger partial charge >= 0.3 is 0 Å². The monoisotopic (exact) mass is 935 g/mol. The number of allylic oxidation sites excluding steroid dienone is 1. The maximum absolute atomic E-state index is 7.00. The molecule has 2 atom stereocenters. The van der Waals surface area contributed by atoms with Crippen LogP contribution in [-0.4, -0.2) is 38.9 Å². The van der Waals surface area contributed by atoms with Gasteiger partial charge in [-0.3, -0.25) is 9.68 Å². The standard InChI is InChI=1S/C28H41NO.C11H23NO.C9H10.C8H8.4C2H6/c1-7-19-28(6,24-17-12-9-13-18-24)22-25(23-15-10-8-11-16-23)30-29-26(2,3)20-14-21-27(29,4)5;1-6-13-12-10(2,3)8-7-9-11(12,4)5;1-8(2)9-6-4-3-5-7-9;1-2-8-6-4-3-5-7-8;4*1-2/h8-13,15-18,25H,7,14,19-22H2,1-6H3;6-9H2,1-5H3;3-7H,1H2,2H3;2-7H,1H2;4*1-2H3. The molecule has 0 aromatic heterocycles. The molecular formula is C64H106N2O2. The van der Waals surface area contributed by atoms with E-state index in [1.807, 2.05) is 117 Å². The lowest BCUT2D eigenvalue weighted by Crippen LogP contribution is -2.58. The molecule has 4 aromatic rings. The second kappa shape index (κ2) is 35.3. The van der Waals surface area contributed by atoms with Crippen molar-refractivity contribution in [1.82, 2.24) is 10.1 Å². The van der Waals surface area contributed by atoms with Gasteiger partial charge in [0.15, 0.2) is 0 Å². The van der Waals surface area contributed by atoms with Crippen molar-refractivity contribution < 1.29 is 9.68 Å². The summed E-state index contributed by atoms with van der Waals surface area (Å²) in [6, 6.07) is 42.0. The Morgan fingerprint density at radius 1 is 0.588 bits per heavy atom. The number of hydroxylamine groups is 4. The molecular weight excluding hydrogens is 829 g/mol. The molecule has 2 unspecified atom stereocenters. The Kier molecular flexibility index (Phi) is 34.4. The highest BCUT2D eigenvalue weighted by Crippen LogP contribution is 2.45. The van der Waals surface area contributed by atoms with Gasteiger partial charge in [-0.2, -0.15) is 10.1 Å². The van der Waals surface area contributed by atoms with Crippen LogP contribution in [0.5, 0.6) is 0 Å². The van der Waals surface area contributed by atoms with Crippen LogP contribution in [0.4, 0.5) is 0 Å². The molecule has 4 aromatic carbocycles. The van der Waals surface area contributed by atoms with E-state index in [2.05, 4.69) is 172 Å². The minimum Gasteiger partial charge on any atom is -0.298 e. The van der Waals surface area contributed by atoms with Crippen molar-refractivity contribution >= 4 is 11.6 Å². The Bertz CT molecular complexity index is 1770. The van der Waals surface area contributed by atoms with Crippen LogP contribution in [0.1, 0.15) is 225 Å². The third kappa shape index (κ3) is 23.2. The lowest BCUT2D eigenvalue weighted by Gasteiger charge is -2.53. The summed E-state index contributed by atoms with van der Waals surface area (Å²) in [5.41, 5.74) is 6.71. The van der Waals surface area contributed by atoms with Crippen LogP contribution in [0.15, 0.2) is 134 Å². The number of piperidine rings is 2. The van der Waals surface area contributed by atoms with Gasteiger partial charge in [-0.1, -0.05) is 222 Å². The maximum Gasteiger partial charge on any atom is 0.105 e. The van der Waals surface area contributed by atoms with Gasteiger partial charge in [-0.25, -0.2) is 0 Å². The molecule has 68 heavy (non-hydrogen) atoms. The molecule has 2 aliphatic rings. The van der Waals surface area contributed by atoms with Gasteiger partial charge in [0, 0.05) is 22.2 Å². The number of nitrogens with zero attached hydrogens (tertiary/aromatic N) is 2. The van der Waals surface area contributed by atoms with E-state index in [0.717, 1.165) is 31.4 Å². The molecule has 0 amide bonds. The van der Waals surface area contributed by atoms with Crippen LogP contribution in [-0.2, 0) is 15.1 Å². The Morgan fingerprint density at radius 2 is 0.956 bits per heavy atom. The van der Waals surface area contributed by atoms with Gasteiger partial charge in [-0.05, 0) is 148 Å². The second-order valence-electron chi connectivity index (χ2n) is 19.6. The molecule has 0 spiro atoms. The van der Waals surface area contributed by atoms with Crippen LogP contribution < -0.4 is 0 Å². The average Bonchev–Trinajstić information content (AvgIpc) is 3.35. The van der Waals surface area contributed by atoms with Crippen molar-refractivity contribution in [3.8, 4) is 0 Å². The Morgan fingerprint density at radius 3 is 1.29 bits per heavy atom. The molecule has 0 bridgehead atoms. The van der Waals surface area contributed by atoms with Gasteiger partial charge < -0.3 is 0 Å². The maximum atomic E-state index is 7.00. The summed E-state index contributed by atoms with van der Waals surface area (Å²) in [6.45, 7) is 51.4. The second-order valence-corrected chi connectivity index (χ2v) is 19.6. The zero-order valence-corrected chi connectivity index (χ0v) is 47.9. The Hall–Kier alpha value is -3.80. The molecule has 4 heteroatoms. The van der Waals surface area contributed by atoms with Crippen molar-refractivity contribution in [1.29, 1.82) is 0 Å². The van der Waals surface area contributed by atoms with Crippen molar-refractivity contribution in [3.05, 3.63) is 157 Å². The third-order valence-corrected chi connectivity index (χ3v) is 12.2. The molecule has 6 rings (SSSR count). The molecule has 4 nitrogen and oxygen atoms in total. The number of hydrogen-bond acceptors (Lipinski definition) is 4. The molecule has 0 aliphatic carbocycles. The zero-order valence-electron chi connectivity index (χ0n) is 47.9. The van der Waals surface area contributed by atoms with Crippen molar-refractivity contribution in [2.45, 2.75) is 230 Å². The molecule has 2 aliphatic heterocycles. The number of hydrogen-bond donors (Lipinski definition) is 0. The third-order valence-electron chi connectivity index (χ3n) is 12.2. The lowest BCUT2D eigenvalue weighted by atomic mass is 9.73. The normalized spacial score (nSPS) is 17.4. The quantitative estimate of drug-likeness (QED) is 0.141. The van der Waals surface area contributed by atoms with Crippen LogP contribution in [0, 0.1) is 0 Å². The number of rotatable bonds is 12. The fourth-order valence-corrected chi connectivity index (χ4v) is 9.20. The van der Waals surface area contributed by atoms with Gasteiger partial charge in [-0.15, -0.1) is 0 Å². The zero-order chi connectivity index (χ0) is 52.5. The molecule has 2 fully saturated rings. The first kappa shape index (κ1) is 66.3. The highest BCUT2D eigenvalue weighted by Gasteiger charge is 2.45. The van der Waals surface area contributed by atoms with Crippen LogP contribution in [0.2, 0.25) is 0 Å². The van der Waals surface area contributed by atoms with Gasteiger partial charge in [0.05, 0.1) is 6.61 Å². The fourth-order valence-electron chi connectivity index (χ4n) is 9.20. The van der Waals surface area contributed by atoms with E-state index >= 15 is 0 Å². The minimum atomic E-state index is 0.0274. The molecule has 0 N–H and O–H groups in total. The summed E-state index contributed by atoms with van der Waals surface area (Å²) >= 11 is 0. The summed E-state index contributed by atoms with van der Waals surface area (Å²) in [6.07, 6.45) is 12.5. The number of benzene rings is 4. The summed E-state index contributed by atoms with van der Waals surface area (Å²) in [5.74, 6) is 0. The van der Waals surface area contributed by atoms with Gasteiger partial charge in [0.2, 0.25) is 0 Å². The average molecular weight is 936 g/mol. The lowest BCUT2D eigenvalue weighted by molar-refractivity contribution is -0.310. The Labute approximate surface area is 423 Å². The summed E-state index contributed by atoms with van der Waals surface area (Å²) < 4.78 is 0. The summed E-state index contributed by atoms with van der Waals surface area (Å²) in [5, 5.41) is 4.53. The van der Waals surface area contributed by atoms with Crippen LogP contribution >= 0.6 is 0 Å². The topological polar surface area (TPSA) is 24.9 Å². The van der Waals surface area contributed by atoms with Crippen molar-refractivity contribution in [2.75, 3.05) is 6.61 Å². The first-order chi connectivity index (χ1) is 32.3. The smallest absolute Gasteiger partial charge is 0.105 e.